The van der Waals surface area contributed by atoms with Crippen LogP contribution in [0.2, 0.25) is 0 Å². The van der Waals surface area contributed by atoms with Gasteiger partial charge in [0.15, 0.2) is 0 Å². The van der Waals surface area contributed by atoms with Gasteiger partial charge in [0.2, 0.25) is 0 Å². The standard InChI is InChI=1S/C44H24N2/c1-4-14-38-31(9-1)33-11-6-12-34-43-35-24-40-36(23-27(35)19-20-39(43)46(38)44(33)34)32-10-2-3-13-37(32)45(40)30-21-28-17-15-25-7-5-8-26-16-18-29(22-30)42(28)41(25)26/h1-24H. The van der Waals surface area contributed by atoms with E-state index < -0.39 is 0 Å². The van der Waals surface area contributed by atoms with Gasteiger partial charge in [0.1, 0.15) is 0 Å². The molecule has 3 aromatic heterocycles. The van der Waals surface area contributed by atoms with Gasteiger partial charge in [0.05, 0.1) is 27.6 Å². The number of aromatic nitrogens is 2. The minimum Gasteiger partial charge on any atom is -0.309 e. The summed E-state index contributed by atoms with van der Waals surface area (Å²) in [5.41, 5.74) is 7.53. The van der Waals surface area contributed by atoms with Crippen LogP contribution in [0.15, 0.2) is 146 Å². The van der Waals surface area contributed by atoms with Crippen LogP contribution < -0.4 is 0 Å². The normalized spacial score (nSPS) is 12.8. The molecular formula is C44H24N2. The van der Waals surface area contributed by atoms with E-state index in [1.807, 2.05) is 0 Å². The Morgan fingerprint density at radius 3 is 1.72 bits per heavy atom. The molecule has 0 saturated carbocycles. The van der Waals surface area contributed by atoms with E-state index in [1.165, 1.54) is 109 Å². The lowest BCUT2D eigenvalue weighted by atomic mass is 9.94. The van der Waals surface area contributed by atoms with E-state index in [0.717, 1.165) is 0 Å². The van der Waals surface area contributed by atoms with Crippen molar-refractivity contribution in [2.45, 2.75) is 0 Å². The van der Waals surface area contributed by atoms with Gasteiger partial charge < -0.3 is 8.97 Å². The molecule has 0 aliphatic carbocycles. The van der Waals surface area contributed by atoms with Gasteiger partial charge >= 0.3 is 0 Å². The lowest BCUT2D eigenvalue weighted by Gasteiger charge is -2.15. The van der Waals surface area contributed by atoms with Gasteiger partial charge in [0.25, 0.3) is 0 Å². The van der Waals surface area contributed by atoms with E-state index in [1.54, 1.807) is 0 Å². The molecule has 0 bridgehead atoms. The van der Waals surface area contributed by atoms with Crippen LogP contribution >= 0.6 is 0 Å². The minimum absolute atomic E-state index is 1.20. The van der Waals surface area contributed by atoms with E-state index >= 15 is 0 Å². The highest BCUT2D eigenvalue weighted by Gasteiger charge is 2.21. The first-order valence-corrected chi connectivity index (χ1v) is 16.0. The smallest absolute Gasteiger partial charge is 0.0620 e. The number of nitrogens with zero attached hydrogens (tertiary/aromatic N) is 2. The van der Waals surface area contributed by atoms with Crippen molar-refractivity contribution >= 4 is 103 Å². The third kappa shape index (κ3) is 2.67. The van der Waals surface area contributed by atoms with E-state index in [2.05, 4.69) is 155 Å². The molecular weight excluding hydrogens is 556 g/mol. The van der Waals surface area contributed by atoms with Crippen LogP contribution in [0.4, 0.5) is 0 Å². The predicted molar refractivity (Wildman–Crippen MR) is 197 cm³/mol. The van der Waals surface area contributed by atoms with Crippen LogP contribution in [0.5, 0.6) is 0 Å². The zero-order valence-corrected chi connectivity index (χ0v) is 24.8. The Morgan fingerprint density at radius 1 is 0.304 bits per heavy atom. The molecule has 0 atom stereocenters. The summed E-state index contributed by atoms with van der Waals surface area (Å²) in [6.45, 7) is 0. The molecule has 46 heavy (non-hydrogen) atoms. The summed E-state index contributed by atoms with van der Waals surface area (Å²) in [5, 5.41) is 18.3. The van der Waals surface area contributed by atoms with E-state index in [4.69, 9.17) is 0 Å². The monoisotopic (exact) mass is 580 g/mol. The molecule has 0 amide bonds. The topological polar surface area (TPSA) is 9.34 Å². The zero-order valence-electron chi connectivity index (χ0n) is 24.8. The summed E-state index contributed by atoms with van der Waals surface area (Å²) in [6.07, 6.45) is 0. The van der Waals surface area contributed by atoms with Crippen molar-refractivity contribution < 1.29 is 0 Å². The third-order valence-electron chi connectivity index (χ3n) is 10.7. The average molecular weight is 581 g/mol. The van der Waals surface area contributed by atoms with Crippen LogP contribution in [-0.2, 0) is 0 Å². The first-order chi connectivity index (χ1) is 22.8. The van der Waals surface area contributed by atoms with Crippen LogP contribution in [0, 0.1) is 0 Å². The second kappa shape index (κ2) is 7.93. The maximum Gasteiger partial charge on any atom is 0.0620 e. The molecule has 0 aliphatic rings. The molecule has 0 N–H and O–H groups in total. The Hall–Kier alpha value is -6.12. The SMILES string of the molecule is c1cc2ccc3cc(-n4c5ccccc5c5cc6ccc7c(c6cc54)c4cccc5c6ccccc6n7c54)cc4ccc(c1)c2c34. The minimum atomic E-state index is 1.20. The third-order valence-corrected chi connectivity index (χ3v) is 10.7. The van der Waals surface area contributed by atoms with Gasteiger partial charge in [-0.25, -0.2) is 0 Å². The summed E-state index contributed by atoms with van der Waals surface area (Å²) in [4.78, 5) is 0. The molecule has 0 radical (unpaired) electrons. The van der Waals surface area contributed by atoms with Gasteiger partial charge in [-0.1, -0.05) is 103 Å². The number of rotatable bonds is 1. The molecule has 2 heteroatoms. The Labute approximate surface area is 262 Å². The van der Waals surface area contributed by atoms with Crippen molar-refractivity contribution in [3.63, 3.8) is 0 Å². The molecule has 0 spiro atoms. The first-order valence-electron chi connectivity index (χ1n) is 16.0. The van der Waals surface area contributed by atoms with Gasteiger partial charge in [-0.2, -0.15) is 0 Å². The summed E-state index contributed by atoms with van der Waals surface area (Å²) < 4.78 is 4.97. The van der Waals surface area contributed by atoms with E-state index in [0.29, 0.717) is 0 Å². The average Bonchev–Trinajstić information content (AvgIpc) is 3.74. The lowest BCUT2D eigenvalue weighted by molar-refractivity contribution is 1.19. The lowest BCUT2D eigenvalue weighted by Crippen LogP contribution is -1.95. The number of hydrogen-bond acceptors (Lipinski definition) is 0. The van der Waals surface area contributed by atoms with Crippen LogP contribution in [-0.4, -0.2) is 8.97 Å². The number of para-hydroxylation sites is 3. The molecule has 12 aromatic rings. The van der Waals surface area contributed by atoms with Gasteiger partial charge in [0, 0.05) is 38.0 Å². The van der Waals surface area contributed by atoms with Crippen molar-refractivity contribution in [3.05, 3.63) is 146 Å². The van der Waals surface area contributed by atoms with Crippen LogP contribution in [0.1, 0.15) is 0 Å². The highest BCUT2D eigenvalue weighted by molar-refractivity contribution is 6.30. The number of hydrogen-bond donors (Lipinski definition) is 0. The molecule has 9 aromatic carbocycles. The molecule has 2 nitrogen and oxygen atoms in total. The summed E-state index contributed by atoms with van der Waals surface area (Å²) in [6, 6.07) is 54.5. The van der Waals surface area contributed by atoms with E-state index in [9.17, 15) is 0 Å². The van der Waals surface area contributed by atoms with Gasteiger partial charge in [-0.3, -0.25) is 0 Å². The predicted octanol–water partition coefficient (Wildman–Crippen LogP) is 12.0. The Kier molecular flexibility index (Phi) is 4.01. The van der Waals surface area contributed by atoms with Crippen LogP contribution in [0.3, 0.4) is 0 Å². The van der Waals surface area contributed by atoms with Crippen molar-refractivity contribution in [1.29, 1.82) is 0 Å². The van der Waals surface area contributed by atoms with Crippen LogP contribution in [0.25, 0.3) is 109 Å². The summed E-state index contributed by atoms with van der Waals surface area (Å²) in [5.74, 6) is 0. The fraction of sp³-hybridized carbons (Fsp3) is 0. The molecule has 0 fully saturated rings. The first kappa shape index (κ1) is 23.3. The van der Waals surface area contributed by atoms with Gasteiger partial charge in [-0.15, -0.1) is 0 Å². The van der Waals surface area contributed by atoms with Crippen molar-refractivity contribution in [2.24, 2.45) is 0 Å². The molecule has 0 aliphatic heterocycles. The van der Waals surface area contributed by atoms with E-state index in [-0.39, 0.29) is 0 Å². The fourth-order valence-electron chi connectivity index (χ4n) is 8.86. The van der Waals surface area contributed by atoms with Crippen molar-refractivity contribution in [1.82, 2.24) is 8.97 Å². The number of benzene rings is 9. The molecule has 0 saturated heterocycles. The largest absolute Gasteiger partial charge is 0.309 e. The summed E-state index contributed by atoms with van der Waals surface area (Å²) >= 11 is 0. The quantitative estimate of drug-likeness (QED) is 0.171. The molecule has 210 valence electrons. The Balaban J connectivity index is 1.24. The highest BCUT2D eigenvalue weighted by atomic mass is 15.0. The summed E-state index contributed by atoms with van der Waals surface area (Å²) in [7, 11) is 0. The van der Waals surface area contributed by atoms with Crippen molar-refractivity contribution in [3.8, 4) is 5.69 Å². The maximum atomic E-state index is 2.49. The molecule has 0 unspecified atom stereocenters. The van der Waals surface area contributed by atoms with Crippen molar-refractivity contribution in [2.75, 3.05) is 0 Å². The van der Waals surface area contributed by atoms with Gasteiger partial charge in [-0.05, 0) is 85.6 Å². The second-order valence-corrected chi connectivity index (χ2v) is 12.9. The maximum absolute atomic E-state index is 2.49. The molecule has 3 heterocycles. The second-order valence-electron chi connectivity index (χ2n) is 12.9. The zero-order chi connectivity index (χ0) is 29.7. The fourth-order valence-corrected chi connectivity index (χ4v) is 8.86. The highest BCUT2D eigenvalue weighted by Crippen LogP contribution is 2.44. The Bertz CT molecular complexity index is 3180. The number of fused-ring (bicyclic) bond motifs is 11. The Morgan fingerprint density at radius 2 is 0.913 bits per heavy atom. The molecule has 12 rings (SSSR count).